The number of nitrogen functional groups attached to an aromatic ring is 1. The zero-order valence-corrected chi connectivity index (χ0v) is 11.1. The number of benzene rings is 1. The molecule has 7 heteroatoms. The molecule has 1 aromatic heterocycles. The normalized spacial score (nSPS) is 10.3. The molecule has 0 aliphatic rings. The van der Waals surface area contributed by atoms with Gasteiger partial charge in [-0.05, 0) is 25.1 Å². The second-order valence-corrected chi connectivity index (χ2v) is 4.23. The first-order chi connectivity index (χ1) is 9.63. The molecule has 7 nitrogen and oxygen atoms in total. The Hall–Kier alpha value is -2.54. The van der Waals surface area contributed by atoms with E-state index >= 15 is 0 Å². The molecule has 2 rings (SSSR count). The Kier molecular flexibility index (Phi) is 4.21. The maximum atomic E-state index is 10.9. The third-order valence-electron chi connectivity index (χ3n) is 2.95. The number of nitro benzene ring substituents is 1. The highest BCUT2D eigenvalue weighted by atomic mass is 16.6. The van der Waals surface area contributed by atoms with E-state index in [0.717, 1.165) is 5.76 Å². The van der Waals surface area contributed by atoms with Crippen molar-refractivity contribution in [2.24, 2.45) is 5.84 Å². The van der Waals surface area contributed by atoms with Crippen LogP contribution in [0.4, 0.5) is 17.1 Å². The number of rotatable bonds is 6. The van der Waals surface area contributed by atoms with Crippen LogP contribution in [0.15, 0.2) is 41.0 Å². The molecule has 0 aliphatic heterocycles. The quantitative estimate of drug-likeness (QED) is 0.478. The Balaban J connectivity index is 2.32. The number of nitrogens with zero attached hydrogens (tertiary/aromatic N) is 2. The van der Waals surface area contributed by atoms with E-state index in [0.29, 0.717) is 24.5 Å². The van der Waals surface area contributed by atoms with Crippen LogP contribution in [-0.4, -0.2) is 11.5 Å². The number of furan rings is 1. The molecule has 1 aromatic carbocycles. The number of non-ortho nitro benzene ring substituents is 1. The van der Waals surface area contributed by atoms with Crippen LogP contribution in [0.2, 0.25) is 0 Å². The van der Waals surface area contributed by atoms with Gasteiger partial charge in [0.15, 0.2) is 0 Å². The van der Waals surface area contributed by atoms with Gasteiger partial charge in [0.25, 0.3) is 5.69 Å². The molecular formula is C13H16N4O3. The van der Waals surface area contributed by atoms with E-state index in [2.05, 4.69) is 5.43 Å². The lowest BCUT2D eigenvalue weighted by molar-refractivity contribution is -0.384. The number of nitrogens with one attached hydrogen (secondary N) is 1. The minimum atomic E-state index is -0.439. The van der Waals surface area contributed by atoms with Gasteiger partial charge in [-0.3, -0.25) is 16.0 Å². The molecule has 106 valence electrons. The molecule has 0 atom stereocenters. The van der Waals surface area contributed by atoms with Gasteiger partial charge in [-0.1, -0.05) is 0 Å². The fourth-order valence-corrected chi connectivity index (χ4v) is 1.94. The SMILES string of the molecule is CCN(Cc1ccco1)c1cc(NN)cc([N+](=O)[O-])c1. The molecular weight excluding hydrogens is 260 g/mol. The fourth-order valence-electron chi connectivity index (χ4n) is 1.94. The lowest BCUT2D eigenvalue weighted by Crippen LogP contribution is -2.22. The first-order valence-corrected chi connectivity index (χ1v) is 6.17. The highest BCUT2D eigenvalue weighted by molar-refractivity contribution is 5.64. The molecule has 0 bridgehead atoms. The van der Waals surface area contributed by atoms with Crippen molar-refractivity contribution in [1.82, 2.24) is 0 Å². The molecule has 0 aliphatic carbocycles. The summed E-state index contributed by atoms with van der Waals surface area (Å²) in [5, 5.41) is 10.9. The van der Waals surface area contributed by atoms with E-state index < -0.39 is 4.92 Å². The van der Waals surface area contributed by atoms with Gasteiger partial charge in [0.1, 0.15) is 5.76 Å². The number of hydrogen-bond donors (Lipinski definition) is 2. The van der Waals surface area contributed by atoms with Crippen molar-refractivity contribution in [3.8, 4) is 0 Å². The molecule has 3 N–H and O–H groups in total. The molecule has 0 saturated carbocycles. The third kappa shape index (κ3) is 3.07. The van der Waals surface area contributed by atoms with Crippen molar-refractivity contribution in [2.45, 2.75) is 13.5 Å². The number of nitro groups is 1. The molecule has 0 fully saturated rings. The molecule has 1 heterocycles. The minimum Gasteiger partial charge on any atom is -0.467 e. The smallest absolute Gasteiger partial charge is 0.273 e. The van der Waals surface area contributed by atoms with Crippen LogP contribution in [-0.2, 0) is 6.54 Å². The second kappa shape index (κ2) is 6.07. The van der Waals surface area contributed by atoms with Crippen LogP contribution in [0.25, 0.3) is 0 Å². The number of nitrogens with two attached hydrogens (primary N) is 1. The summed E-state index contributed by atoms with van der Waals surface area (Å²) in [7, 11) is 0. The van der Waals surface area contributed by atoms with Crippen LogP contribution in [0, 0.1) is 10.1 Å². The Labute approximate surface area is 116 Å². The molecule has 0 amide bonds. The van der Waals surface area contributed by atoms with E-state index in [1.54, 1.807) is 12.3 Å². The van der Waals surface area contributed by atoms with Gasteiger partial charge >= 0.3 is 0 Å². The Morgan fingerprint density at radius 3 is 2.80 bits per heavy atom. The summed E-state index contributed by atoms with van der Waals surface area (Å²) in [5.41, 5.74) is 3.65. The van der Waals surface area contributed by atoms with E-state index in [1.807, 2.05) is 24.0 Å². The van der Waals surface area contributed by atoms with Gasteiger partial charge in [-0.2, -0.15) is 0 Å². The summed E-state index contributed by atoms with van der Waals surface area (Å²) in [6.45, 7) is 3.19. The van der Waals surface area contributed by atoms with Crippen molar-refractivity contribution < 1.29 is 9.34 Å². The summed E-state index contributed by atoms with van der Waals surface area (Å²) in [6.07, 6.45) is 1.60. The lowest BCUT2D eigenvalue weighted by Gasteiger charge is -2.22. The largest absolute Gasteiger partial charge is 0.467 e. The van der Waals surface area contributed by atoms with Crippen molar-refractivity contribution in [3.05, 3.63) is 52.5 Å². The Morgan fingerprint density at radius 2 is 2.25 bits per heavy atom. The summed E-state index contributed by atoms with van der Waals surface area (Å²) in [4.78, 5) is 12.5. The van der Waals surface area contributed by atoms with Gasteiger partial charge in [0.05, 0.1) is 23.4 Å². The minimum absolute atomic E-state index is 0.00616. The van der Waals surface area contributed by atoms with E-state index in [1.165, 1.54) is 12.1 Å². The molecule has 0 spiro atoms. The Bertz CT molecular complexity index is 583. The van der Waals surface area contributed by atoms with Crippen LogP contribution in [0.3, 0.4) is 0 Å². The number of hydrazine groups is 1. The second-order valence-electron chi connectivity index (χ2n) is 4.23. The molecule has 0 radical (unpaired) electrons. The Morgan fingerprint density at radius 1 is 1.45 bits per heavy atom. The van der Waals surface area contributed by atoms with Gasteiger partial charge < -0.3 is 14.7 Å². The average molecular weight is 276 g/mol. The van der Waals surface area contributed by atoms with Crippen LogP contribution in [0.1, 0.15) is 12.7 Å². The first kappa shape index (κ1) is 13.9. The van der Waals surface area contributed by atoms with Crippen LogP contribution < -0.4 is 16.2 Å². The third-order valence-corrected chi connectivity index (χ3v) is 2.95. The first-order valence-electron chi connectivity index (χ1n) is 6.17. The monoisotopic (exact) mass is 276 g/mol. The van der Waals surface area contributed by atoms with Crippen molar-refractivity contribution in [3.63, 3.8) is 0 Å². The number of hydrogen-bond acceptors (Lipinski definition) is 6. The van der Waals surface area contributed by atoms with Crippen molar-refractivity contribution in [1.29, 1.82) is 0 Å². The van der Waals surface area contributed by atoms with Crippen LogP contribution in [0.5, 0.6) is 0 Å². The van der Waals surface area contributed by atoms with Gasteiger partial charge in [-0.25, -0.2) is 0 Å². The zero-order valence-electron chi connectivity index (χ0n) is 11.1. The fraction of sp³-hybridized carbons (Fsp3) is 0.231. The van der Waals surface area contributed by atoms with E-state index in [-0.39, 0.29) is 5.69 Å². The highest BCUT2D eigenvalue weighted by Crippen LogP contribution is 2.27. The van der Waals surface area contributed by atoms with Crippen LogP contribution >= 0.6 is 0 Å². The predicted octanol–water partition coefficient (Wildman–Crippen LogP) is 2.50. The maximum Gasteiger partial charge on any atom is 0.273 e. The summed E-state index contributed by atoms with van der Waals surface area (Å²) < 4.78 is 5.31. The summed E-state index contributed by atoms with van der Waals surface area (Å²) in [5.74, 6) is 6.15. The molecule has 0 saturated heterocycles. The summed E-state index contributed by atoms with van der Waals surface area (Å²) in [6, 6.07) is 8.35. The summed E-state index contributed by atoms with van der Waals surface area (Å²) >= 11 is 0. The average Bonchev–Trinajstić information content (AvgIpc) is 2.97. The lowest BCUT2D eigenvalue weighted by atomic mass is 10.2. The maximum absolute atomic E-state index is 10.9. The highest BCUT2D eigenvalue weighted by Gasteiger charge is 2.14. The number of anilines is 2. The van der Waals surface area contributed by atoms with Gasteiger partial charge in [0, 0.05) is 24.4 Å². The molecule has 0 unspecified atom stereocenters. The van der Waals surface area contributed by atoms with Gasteiger partial charge in [0.2, 0.25) is 0 Å². The van der Waals surface area contributed by atoms with E-state index in [4.69, 9.17) is 10.3 Å². The topological polar surface area (TPSA) is 97.6 Å². The standard InChI is InChI=1S/C13H16N4O3/c1-2-16(9-13-4-3-5-20-13)11-6-10(15-14)7-12(8-11)17(18)19/h3-8,15H,2,9,14H2,1H3. The van der Waals surface area contributed by atoms with E-state index in [9.17, 15) is 10.1 Å². The van der Waals surface area contributed by atoms with Gasteiger partial charge in [-0.15, -0.1) is 0 Å². The van der Waals surface area contributed by atoms with Crippen molar-refractivity contribution >= 4 is 17.1 Å². The predicted molar refractivity (Wildman–Crippen MR) is 76.3 cm³/mol. The molecule has 2 aromatic rings. The molecule has 20 heavy (non-hydrogen) atoms. The van der Waals surface area contributed by atoms with Crippen molar-refractivity contribution in [2.75, 3.05) is 16.9 Å². The zero-order chi connectivity index (χ0) is 14.5.